The Morgan fingerprint density at radius 1 is 1.08 bits per heavy atom. The molecule has 5 nitrogen and oxygen atoms in total. The van der Waals surface area contributed by atoms with E-state index < -0.39 is 6.10 Å². The average molecular weight is 349 g/mol. The van der Waals surface area contributed by atoms with Gasteiger partial charge in [0.2, 0.25) is 6.79 Å². The van der Waals surface area contributed by atoms with E-state index in [0.29, 0.717) is 18.0 Å². The number of ether oxygens (including phenoxy) is 3. The van der Waals surface area contributed by atoms with Crippen molar-refractivity contribution < 1.29 is 19.0 Å². The molecule has 0 aromatic heterocycles. The highest BCUT2D eigenvalue weighted by Crippen LogP contribution is 2.32. The summed E-state index contributed by atoms with van der Waals surface area (Å²) in [5.74, 6) is 1.97. The lowest BCUT2D eigenvalue weighted by Crippen LogP contribution is -2.35. The standard InChI is InChI=1S/C21H19NO4/c1-14(26-18-8-4-6-16-5-2-3-7-17(16)18)21(23)22-12-15-9-10-19-20(11-15)25-13-24-19/h2-11,14H,12-13H2,1H3,(H,22,23). The van der Waals surface area contributed by atoms with Gasteiger partial charge in [0.25, 0.3) is 5.91 Å². The molecule has 3 aromatic carbocycles. The maximum absolute atomic E-state index is 12.4. The smallest absolute Gasteiger partial charge is 0.261 e. The minimum absolute atomic E-state index is 0.171. The molecule has 0 saturated carbocycles. The second kappa shape index (κ2) is 6.96. The van der Waals surface area contributed by atoms with Crippen LogP contribution in [0.5, 0.6) is 17.2 Å². The van der Waals surface area contributed by atoms with Crippen LogP contribution in [0.3, 0.4) is 0 Å². The highest BCUT2D eigenvalue weighted by atomic mass is 16.7. The van der Waals surface area contributed by atoms with E-state index >= 15 is 0 Å². The second-order valence-corrected chi connectivity index (χ2v) is 6.14. The summed E-state index contributed by atoms with van der Waals surface area (Å²) in [4.78, 5) is 12.4. The first-order valence-electron chi connectivity index (χ1n) is 8.51. The molecule has 1 N–H and O–H groups in total. The molecule has 1 unspecified atom stereocenters. The Balaban J connectivity index is 1.40. The van der Waals surface area contributed by atoms with Crippen molar-refractivity contribution in [2.24, 2.45) is 0 Å². The molecule has 0 bridgehead atoms. The fraction of sp³-hybridized carbons (Fsp3) is 0.190. The number of benzene rings is 3. The van der Waals surface area contributed by atoms with Crippen molar-refractivity contribution in [1.29, 1.82) is 0 Å². The van der Waals surface area contributed by atoms with Crippen LogP contribution in [0, 0.1) is 0 Å². The molecular formula is C21H19NO4. The van der Waals surface area contributed by atoms with E-state index in [2.05, 4.69) is 5.32 Å². The van der Waals surface area contributed by atoms with Gasteiger partial charge in [0.1, 0.15) is 5.75 Å². The molecule has 26 heavy (non-hydrogen) atoms. The summed E-state index contributed by atoms with van der Waals surface area (Å²) >= 11 is 0. The van der Waals surface area contributed by atoms with Gasteiger partial charge >= 0.3 is 0 Å². The van der Waals surface area contributed by atoms with Crippen LogP contribution in [0.1, 0.15) is 12.5 Å². The van der Waals surface area contributed by atoms with Gasteiger partial charge in [0, 0.05) is 11.9 Å². The van der Waals surface area contributed by atoms with Gasteiger partial charge in [-0.2, -0.15) is 0 Å². The monoisotopic (exact) mass is 349 g/mol. The highest BCUT2D eigenvalue weighted by Gasteiger charge is 2.17. The van der Waals surface area contributed by atoms with Crippen LogP contribution in [0.15, 0.2) is 60.7 Å². The highest BCUT2D eigenvalue weighted by molar-refractivity contribution is 5.89. The largest absolute Gasteiger partial charge is 0.480 e. The topological polar surface area (TPSA) is 56.8 Å². The molecule has 1 atom stereocenters. The van der Waals surface area contributed by atoms with Gasteiger partial charge in [-0.1, -0.05) is 42.5 Å². The van der Waals surface area contributed by atoms with E-state index in [1.165, 1.54) is 0 Å². The lowest BCUT2D eigenvalue weighted by atomic mass is 10.1. The van der Waals surface area contributed by atoms with Gasteiger partial charge in [-0.3, -0.25) is 4.79 Å². The van der Waals surface area contributed by atoms with Crippen molar-refractivity contribution in [2.45, 2.75) is 19.6 Å². The van der Waals surface area contributed by atoms with Gasteiger partial charge in [-0.05, 0) is 36.1 Å². The predicted octanol–water partition coefficient (Wildman–Crippen LogP) is 3.65. The van der Waals surface area contributed by atoms with Crippen molar-refractivity contribution >= 4 is 16.7 Å². The summed E-state index contributed by atoms with van der Waals surface area (Å²) in [5.41, 5.74) is 0.944. The molecule has 1 aliphatic heterocycles. The molecule has 0 saturated heterocycles. The zero-order valence-corrected chi connectivity index (χ0v) is 14.4. The van der Waals surface area contributed by atoms with Crippen LogP contribution < -0.4 is 19.5 Å². The maximum Gasteiger partial charge on any atom is 0.261 e. The molecule has 3 aromatic rings. The molecule has 1 amide bonds. The molecular weight excluding hydrogens is 330 g/mol. The first-order chi connectivity index (χ1) is 12.7. The molecule has 132 valence electrons. The lowest BCUT2D eigenvalue weighted by Gasteiger charge is -2.16. The minimum Gasteiger partial charge on any atom is -0.480 e. The molecule has 5 heteroatoms. The van der Waals surface area contributed by atoms with E-state index in [1.807, 2.05) is 60.7 Å². The van der Waals surface area contributed by atoms with Crippen LogP contribution in [0.2, 0.25) is 0 Å². The second-order valence-electron chi connectivity index (χ2n) is 6.14. The molecule has 4 rings (SSSR count). The molecule has 1 aliphatic rings. The molecule has 0 spiro atoms. The summed E-state index contributed by atoms with van der Waals surface area (Å²) < 4.78 is 16.5. The molecule has 0 fully saturated rings. The van der Waals surface area contributed by atoms with Gasteiger partial charge in [-0.25, -0.2) is 0 Å². The fourth-order valence-electron chi connectivity index (χ4n) is 2.93. The number of hydrogen-bond acceptors (Lipinski definition) is 4. The quantitative estimate of drug-likeness (QED) is 0.764. The Hall–Kier alpha value is -3.21. The van der Waals surface area contributed by atoms with E-state index in [-0.39, 0.29) is 12.7 Å². The van der Waals surface area contributed by atoms with E-state index in [0.717, 1.165) is 22.1 Å². The van der Waals surface area contributed by atoms with Crippen LogP contribution in [0.25, 0.3) is 10.8 Å². The zero-order chi connectivity index (χ0) is 17.9. The minimum atomic E-state index is -0.602. The van der Waals surface area contributed by atoms with Crippen LogP contribution in [-0.4, -0.2) is 18.8 Å². The van der Waals surface area contributed by atoms with Crippen molar-refractivity contribution in [3.8, 4) is 17.2 Å². The summed E-state index contributed by atoms with van der Waals surface area (Å²) in [6.45, 7) is 2.39. The van der Waals surface area contributed by atoms with Crippen LogP contribution in [-0.2, 0) is 11.3 Å². The van der Waals surface area contributed by atoms with E-state index in [4.69, 9.17) is 14.2 Å². The Labute approximate surface area is 151 Å². The van der Waals surface area contributed by atoms with Gasteiger partial charge < -0.3 is 19.5 Å². The first-order valence-corrected chi connectivity index (χ1v) is 8.51. The maximum atomic E-state index is 12.4. The third-order valence-corrected chi connectivity index (χ3v) is 4.33. The SMILES string of the molecule is CC(Oc1cccc2ccccc12)C(=O)NCc1ccc2c(c1)OCO2. The predicted molar refractivity (Wildman–Crippen MR) is 98.4 cm³/mol. The Bertz CT molecular complexity index is 948. The molecule has 1 heterocycles. The number of amides is 1. The van der Waals surface area contributed by atoms with Crippen molar-refractivity contribution in [3.63, 3.8) is 0 Å². The summed E-state index contributed by atoms with van der Waals surface area (Å²) in [5, 5.41) is 4.97. The van der Waals surface area contributed by atoms with Crippen LogP contribution in [0.4, 0.5) is 0 Å². The average Bonchev–Trinajstić information content (AvgIpc) is 3.14. The lowest BCUT2D eigenvalue weighted by molar-refractivity contribution is -0.127. The van der Waals surface area contributed by atoms with Crippen molar-refractivity contribution in [3.05, 3.63) is 66.2 Å². The summed E-state index contributed by atoms with van der Waals surface area (Å²) in [6.07, 6.45) is -0.602. The Kier molecular flexibility index (Phi) is 4.35. The number of carbonyl (C=O) groups excluding carboxylic acids is 1. The third kappa shape index (κ3) is 3.28. The third-order valence-electron chi connectivity index (χ3n) is 4.33. The van der Waals surface area contributed by atoms with Gasteiger partial charge in [0.05, 0.1) is 0 Å². The summed E-state index contributed by atoms with van der Waals surface area (Å²) in [6, 6.07) is 19.4. The number of hydrogen-bond donors (Lipinski definition) is 1. The molecule has 0 aliphatic carbocycles. The van der Waals surface area contributed by atoms with E-state index in [9.17, 15) is 4.79 Å². The molecule has 0 radical (unpaired) electrons. The number of fused-ring (bicyclic) bond motifs is 2. The van der Waals surface area contributed by atoms with E-state index in [1.54, 1.807) is 6.92 Å². The van der Waals surface area contributed by atoms with Crippen molar-refractivity contribution in [1.82, 2.24) is 5.32 Å². The number of carbonyl (C=O) groups is 1. The fourth-order valence-corrected chi connectivity index (χ4v) is 2.93. The van der Waals surface area contributed by atoms with Crippen molar-refractivity contribution in [2.75, 3.05) is 6.79 Å². The number of nitrogens with one attached hydrogen (secondary N) is 1. The zero-order valence-electron chi connectivity index (χ0n) is 14.4. The van der Waals surface area contributed by atoms with Gasteiger partial charge in [0.15, 0.2) is 17.6 Å². The summed E-state index contributed by atoms with van der Waals surface area (Å²) in [7, 11) is 0. The first kappa shape index (κ1) is 16.3. The van der Waals surface area contributed by atoms with Gasteiger partial charge in [-0.15, -0.1) is 0 Å². The normalized spacial score (nSPS) is 13.4. The Morgan fingerprint density at radius 2 is 1.88 bits per heavy atom. The van der Waals surface area contributed by atoms with Crippen LogP contribution >= 0.6 is 0 Å². The number of rotatable bonds is 5. The Morgan fingerprint density at radius 3 is 2.81 bits per heavy atom.